The Bertz CT molecular complexity index is 766. The van der Waals surface area contributed by atoms with Gasteiger partial charge in [0.2, 0.25) is 0 Å². The van der Waals surface area contributed by atoms with Crippen LogP contribution in [0.1, 0.15) is 30.8 Å². The van der Waals surface area contributed by atoms with Gasteiger partial charge in [0.25, 0.3) is 0 Å². The van der Waals surface area contributed by atoms with Crippen molar-refractivity contribution in [3.8, 4) is 0 Å². The minimum Gasteiger partial charge on any atom is -0.385 e. The second-order valence-corrected chi connectivity index (χ2v) is 5.47. The number of hydrogen-bond acceptors (Lipinski definition) is 2. The van der Waals surface area contributed by atoms with E-state index >= 15 is 0 Å². The first-order valence-corrected chi connectivity index (χ1v) is 7.45. The number of imidazole rings is 1. The number of aliphatic hydroxyl groups excluding tert-OH is 1. The molecule has 108 valence electrons. The summed E-state index contributed by atoms with van der Waals surface area (Å²) in [4.78, 5) is 4.58. The fourth-order valence-corrected chi connectivity index (χ4v) is 2.69. The number of nitrogens with zero attached hydrogens (tertiary/aromatic N) is 2. The van der Waals surface area contributed by atoms with E-state index in [-0.39, 0.29) is 0 Å². The van der Waals surface area contributed by atoms with Gasteiger partial charge in [-0.15, -0.1) is 0 Å². The summed E-state index contributed by atoms with van der Waals surface area (Å²) in [5, 5.41) is 11.0. The summed E-state index contributed by atoms with van der Waals surface area (Å²) in [7, 11) is 0. The van der Waals surface area contributed by atoms with Crippen molar-refractivity contribution in [2.24, 2.45) is 0 Å². The molecule has 1 atom stereocenters. The molecule has 0 unspecified atom stereocenters. The van der Waals surface area contributed by atoms with Crippen LogP contribution < -0.4 is 0 Å². The zero-order valence-corrected chi connectivity index (χ0v) is 12.6. The molecule has 21 heavy (non-hydrogen) atoms. The van der Waals surface area contributed by atoms with Gasteiger partial charge in [-0.2, -0.15) is 0 Å². The van der Waals surface area contributed by atoms with Gasteiger partial charge in [0, 0.05) is 5.02 Å². The molecular formula is C17H17ClN2O. The summed E-state index contributed by atoms with van der Waals surface area (Å²) in [5.41, 5.74) is 2.93. The van der Waals surface area contributed by atoms with Crippen LogP contribution in [-0.4, -0.2) is 14.7 Å². The highest BCUT2D eigenvalue weighted by Crippen LogP contribution is 2.25. The lowest BCUT2D eigenvalue weighted by Crippen LogP contribution is -2.09. The fraction of sp³-hybridized carbons (Fsp3) is 0.235. The maximum Gasteiger partial charge on any atom is 0.139 e. The third-order valence-corrected chi connectivity index (χ3v) is 4.02. The average molecular weight is 301 g/mol. The van der Waals surface area contributed by atoms with Gasteiger partial charge in [0.15, 0.2) is 0 Å². The normalized spacial score (nSPS) is 12.7. The number of fused-ring (bicyclic) bond motifs is 1. The molecule has 0 saturated heterocycles. The first kappa shape index (κ1) is 14.1. The predicted octanol–water partition coefficient (Wildman–Crippen LogP) is 4.18. The minimum absolute atomic E-state index is 0.570. The SMILES string of the molecule is CC[C@H](O)c1nc2ccccc2n1Cc1ccccc1Cl. The quantitative estimate of drug-likeness (QED) is 0.785. The molecule has 0 fully saturated rings. The number of aliphatic hydroxyl groups is 1. The molecule has 0 aliphatic rings. The Morgan fingerprint density at radius 2 is 1.86 bits per heavy atom. The van der Waals surface area contributed by atoms with Crippen LogP contribution in [0.5, 0.6) is 0 Å². The molecule has 0 saturated carbocycles. The third kappa shape index (κ3) is 2.67. The predicted molar refractivity (Wildman–Crippen MR) is 85.5 cm³/mol. The number of para-hydroxylation sites is 2. The van der Waals surface area contributed by atoms with Crippen LogP contribution in [0, 0.1) is 0 Å². The van der Waals surface area contributed by atoms with Crippen molar-refractivity contribution in [2.75, 3.05) is 0 Å². The Hall–Kier alpha value is -1.84. The number of halogens is 1. The summed E-state index contributed by atoms with van der Waals surface area (Å²) < 4.78 is 2.05. The third-order valence-electron chi connectivity index (χ3n) is 3.66. The molecule has 0 bridgehead atoms. The molecule has 4 heteroatoms. The van der Waals surface area contributed by atoms with Crippen LogP contribution in [0.2, 0.25) is 5.02 Å². The van der Waals surface area contributed by atoms with Crippen LogP contribution in [0.15, 0.2) is 48.5 Å². The highest BCUT2D eigenvalue weighted by Gasteiger charge is 2.17. The van der Waals surface area contributed by atoms with Gasteiger partial charge in [0.05, 0.1) is 17.6 Å². The summed E-state index contributed by atoms with van der Waals surface area (Å²) in [6, 6.07) is 15.7. The largest absolute Gasteiger partial charge is 0.385 e. The van der Waals surface area contributed by atoms with E-state index in [9.17, 15) is 5.11 Å². The summed E-state index contributed by atoms with van der Waals surface area (Å²) in [5.74, 6) is 0.693. The minimum atomic E-state index is -0.570. The lowest BCUT2D eigenvalue weighted by atomic mass is 10.2. The van der Waals surface area contributed by atoms with Crippen LogP contribution in [0.25, 0.3) is 11.0 Å². The van der Waals surface area contributed by atoms with Crippen molar-refractivity contribution >= 4 is 22.6 Å². The second kappa shape index (κ2) is 5.88. The number of hydrogen-bond donors (Lipinski definition) is 1. The summed E-state index contributed by atoms with van der Waals surface area (Å²) in [6.45, 7) is 2.55. The molecule has 0 radical (unpaired) electrons. The van der Waals surface area contributed by atoms with Gasteiger partial charge in [-0.25, -0.2) is 4.98 Å². The van der Waals surface area contributed by atoms with Gasteiger partial charge in [0.1, 0.15) is 11.9 Å². The molecule has 1 heterocycles. The van der Waals surface area contributed by atoms with Crippen molar-refractivity contribution in [3.05, 3.63) is 64.9 Å². The van der Waals surface area contributed by atoms with Gasteiger partial charge in [-0.05, 0) is 30.2 Å². The molecule has 3 aromatic rings. The molecule has 2 aromatic carbocycles. The molecule has 0 aliphatic carbocycles. The van der Waals surface area contributed by atoms with E-state index in [2.05, 4.69) is 4.98 Å². The van der Waals surface area contributed by atoms with Gasteiger partial charge < -0.3 is 9.67 Å². The number of benzene rings is 2. The van der Waals surface area contributed by atoms with E-state index in [0.29, 0.717) is 18.8 Å². The molecule has 1 N–H and O–H groups in total. The van der Waals surface area contributed by atoms with E-state index < -0.39 is 6.10 Å². The highest BCUT2D eigenvalue weighted by molar-refractivity contribution is 6.31. The Balaban J connectivity index is 2.13. The van der Waals surface area contributed by atoms with Crippen LogP contribution in [0.4, 0.5) is 0 Å². The molecule has 0 spiro atoms. The van der Waals surface area contributed by atoms with Crippen LogP contribution in [-0.2, 0) is 6.54 Å². The molecule has 0 aliphatic heterocycles. The molecule has 3 rings (SSSR count). The van der Waals surface area contributed by atoms with E-state index in [1.807, 2.05) is 60.0 Å². The van der Waals surface area contributed by atoms with Crippen LogP contribution >= 0.6 is 11.6 Å². The van der Waals surface area contributed by atoms with Crippen molar-refractivity contribution in [3.63, 3.8) is 0 Å². The van der Waals surface area contributed by atoms with E-state index in [1.54, 1.807) is 0 Å². The lowest BCUT2D eigenvalue weighted by molar-refractivity contribution is 0.160. The molecular weight excluding hydrogens is 284 g/mol. The standard InChI is InChI=1S/C17H17ClN2O/c1-2-16(21)17-19-14-9-5-6-10-15(14)20(17)11-12-7-3-4-8-13(12)18/h3-10,16,21H,2,11H2,1H3/t16-/m0/s1. The monoisotopic (exact) mass is 300 g/mol. The van der Waals surface area contributed by atoms with Gasteiger partial charge >= 0.3 is 0 Å². The number of aromatic nitrogens is 2. The first-order chi connectivity index (χ1) is 10.2. The van der Waals surface area contributed by atoms with Gasteiger partial charge in [-0.1, -0.05) is 48.9 Å². The average Bonchev–Trinajstić information content (AvgIpc) is 2.88. The van der Waals surface area contributed by atoms with Crippen LogP contribution in [0.3, 0.4) is 0 Å². The fourth-order valence-electron chi connectivity index (χ4n) is 2.49. The van der Waals surface area contributed by atoms with Crippen molar-refractivity contribution < 1.29 is 5.11 Å². The zero-order valence-electron chi connectivity index (χ0n) is 11.8. The van der Waals surface area contributed by atoms with E-state index in [4.69, 9.17) is 11.6 Å². The zero-order chi connectivity index (χ0) is 14.8. The van der Waals surface area contributed by atoms with E-state index in [0.717, 1.165) is 21.6 Å². The van der Waals surface area contributed by atoms with Crippen molar-refractivity contribution in [1.29, 1.82) is 0 Å². The maximum absolute atomic E-state index is 10.2. The van der Waals surface area contributed by atoms with Gasteiger partial charge in [-0.3, -0.25) is 0 Å². The number of rotatable bonds is 4. The summed E-state index contributed by atoms with van der Waals surface area (Å²) >= 11 is 6.26. The maximum atomic E-state index is 10.2. The first-order valence-electron chi connectivity index (χ1n) is 7.07. The lowest BCUT2D eigenvalue weighted by Gasteiger charge is -2.13. The molecule has 1 aromatic heterocycles. The topological polar surface area (TPSA) is 38.1 Å². The highest BCUT2D eigenvalue weighted by atomic mass is 35.5. The Morgan fingerprint density at radius 3 is 2.62 bits per heavy atom. The summed E-state index contributed by atoms with van der Waals surface area (Å²) in [6.07, 6.45) is 0.0612. The van der Waals surface area contributed by atoms with E-state index in [1.165, 1.54) is 0 Å². The van der Waals surface area contributed by atoms with Crippen molar-refractivity contribution in [1.82, 2.24) is 9.55 Å². The Morgan fingerprint density at radius 1 is 1.14 bits per heavy atom. The molecule has 3 nitrogen and oxygen atoms in total. The smallest absolute Gasteiger partial charge is 0.139 e. The Kier molecular flexibility index (Phi) is 3.95. The Labute approximate surface area is 128 Å². The second-order valence-electron chi connectivity index (χ2n) is 5.06. The molecule has 0 amide bonds. The van der Waals surface area contributed by atoms with Crippen molar-refractivity contribution in [2.45, 2.75) is 26.0 Å².